The first-order valence-corrected chi connectivity index (χ1v) is 34.9. The third-order valence-corrected chi connectivity index (χ3v) is 21.2. The second-order valence-corrected chi connectivity index (χ2v) is 28.4. The quantitative estimate of drug-likeness (QED) is 0.0413. The Balaban J connectivity index is 0.000000299. The lowest BCUT2D eigenvalue weighted by molar-refractivity contribution is -0.458. The van der Waals surface area contributed by atoms with Crippen LogP contribution in [0.1, 0.15) is 158 Å². The summed E-state index contributed by atoms with van der Waals surface area (Å²) >= 11 is 3.33. The van der Waals surface area contributed by atoms with E-state index in [9.17, 15) is 83.8 Å². The van der Waals surface area contributed by atoms with Gasteiger partial charge in [-0.2, -0.15) is 79.0 Å². The van der Waals surface area contributed by atoms with E-state index in [1.54, 1.807) is 0 Å². The van der Waals surface area contributed by atoms with Crippen molar-refractivity contribution in [2.75, 3.05) is 113 Å². The number of aliphatic hydroxyl groups is 1. The molecule has 1 N–H and O–H groups in total. The van der Waals surface area contributed by atoms with Gasteiger partial charge in [0.25, 0.3) is 0 Å². The maximum Gasteiger partial charge on any atom is 0.435 e. The van der Waals surface area contributed by atoms with Crippen molar-refractivity contribution < 1.29 is 127 Å². The summed E-state index contributed by atoms with van der Waals surface area (Å²) in [6, 6.07) is 12.6. The van der Waals surface area contributed by atoms with Crippen molar-refractivity contribution >= 4 is 17.7 Å². The molecule has 0 amide bonds. The Kier molecular flexibility index (Phi) is 30.9. The van der Waals surface area contributed by atoms with Crippen LogP contribution in [0.5, 0.6) is 11.5 Å². The van der Waals surface area contributed by atoms with Crippen LogP contribution in [-0.2, 0) is 46.1 Å². The van der Waals surface area contributed by atoms with Crippen molar-refractivity contribution in [1.82, 2.24) is 9.80 Å². The number of alkyl halides is 18. The topological polar surface area (TPSA) is 118 Å². The molecule has 31 heteroatoms. The summed E-state index contributed by atoms with van der Waals surface area (Å²) in [6.45, 7) is 11.2. The number of likely N-dealkylation sites (N-methyl/N-ethyl adjacent to an activating group) is 2. The van der Waals surface area contributed by atoms with Crippen molar-refractivity contribution in [3.8, 4) is 11.5 Å². The third-order valence-electron chi connectivity index (χ3n) is 21.2. The van der Waals surface area contributed by atoms with Crippen LogP contribution in [0.15, 0.2) is 36.4 Å². The number of aliphatic hydroxyl groups excluding tert-OH is 1. The Morgan fingerprint density at radius 1 is 0.490 bits per heavy atom. The minimum atomic E-state index is -6.74. The molecule has 100 heavy (non-hydrogen) atoms. The minimum absolute atomic E-state index is 0.0163. The molecule has 0 aliphatic heterocycles. The Morgan fingerprint density at radius 3 is 1.19 bits per heavy atom. The van der Waals surface area contributed by atoms with Gasteiger partial charge in [-0.05, 0) is 216 Å². The number of fused-ring (bicyclic) bond motifs is 10. The van der Waals surface area contributed by atoms with Crippen LogP contribution in [0.2, 0.25) is 0 Å². The lowest BCUT2D eigenvalue weighted by Gasteiger charge is -2.50. The summed E-state index contributed by atoms with van der Waals surface area (Å²) in [5.41, 5.74) is -7.81. The number of thiol groups is 1. The zero-order valence-electron chi connectivity index (χ0n) is 57.5. The number of nitrogens with zero attached hydrogens (tertiary/aromatic N) is 2. The predicted molar refractivity (Wildman–Crippen MR) is 338 cm³/mol. The molecule has 0 unspecified atom stereocenters. The highest BCUT2D eigenvalue weighted by Gasteiger charge is 2.86. The van der Waals surface area contributed by atoms with E-state index >= 15 is 0 Å². The SMILES string of the molecule is CC(=O)S.CCCOCCCN(C)CCOc1ccc2c(c1)CC[C@@H]1[C@@H]2CC[C@]2(C)[C@@H](OCCCOC(C(F)(F)F)(C(F)(F)F)C(F)(F)F)CC[C@@H]12.CN(CCCOCCO)CCOc1ccc2c(c1)CC[C@@H]1[C@@H]2CC[C@]2(C)[C@@H](OCCCOC(C(F)(F)F)(C(F)(F)F)C(F)(F)F)CC[C@@H]12. The Bertz CT molecular complexity index is 2570. The first-order chi connectivity index (χ1) is 46.7. The molecular weight excluding hydrogens is 1390 g/mol. The molecule has 2 aromatic rings. The van der Waals surface area contributed by atoms with E-state index < -0.39 is 74.3 Å². The van der Waals surface area contributed by atoms with E-state index in [-0.39, 0.29) is 48.0 Å². The van der Waals surface area contributed by atoms with E-state index in [1.165, 1.54) is 29.2 Å². The van der Waals surface area contributed by atoms with E-state index in [0.29, 0.717) is 74.8 Å². The highest BCUT2D eigenvalue weighted by Crippen LogP contribution is 2.64. The van der Waals surface area contributed by atoms with Crippen LogP contribution in [0, 0.1) is 34.5 Å². The third kappa shape index (κ3) is 20.5. The Labute approximate surface area is 579 Å². The van der Waals surface area contributed by atoms with Gasteiger partial charge in [-0.3, -0.25) is 4.79 Å². The number of aryl methyl sites for hydroxylation is 2. The summed E-state index contributed by atoms with van der Waals surface area (Å²) in [4.78, 5) is 13.7. The lowest BCUT2D eigenvalue weighted by Crippen LogP contribution is -2.67. The van der Waals surface area contributed by atoms with Gasteiger partial charge in [-0.1, -0.05) is 32.9 Å². The maximum atomic E-state index is 13.1. The summed E-state index contributed by atoms with van der Waals surface area (Å²) in [6.07, 6.45) is -29.0. The summed E-state index contributed by atoms with van der Waals surface area (Å²) in [5, 5.41) is 8.62. The van der Waals surface area contributed by atoms with Crippen molar-refractivity contribution in [2.24, 2.45) is 34.5 Å². The maximum absolute atomic E-state index is 13.1. The molecule has 0 aromatic heterocycles. The molecule has 12 nitrogen and oxygen atoms in total. The van der Waals surface area contributed by atoms with E-state index in [0.717, 1.165) is 134 Å². The van der Waals surface area contributed by atoms with Crippen molar-refractivity contribution in [3.63, 3.8) is 0 Å². The first-order valence-electron chi connectivity index (χ1n) is 34.4. The standard InChI is InChI=1S/C34H48F9NO4.C33H46F9NO5.C2H4OS/c1-4-17-45-18-5-15-44(3)16-21-46-24-8-10-25-23(22-24)7-9-27-26(25)13-14-30(2)28(27)11-12-29(30)47-19-6-20-48-31(32(35,36)37,33(38,39)40)34(41,42)43;1-29-12-11-25-24-8-6-23(46-19-14-43(2)13-3-16-45-20-15-44)21-22(24)5-7-26(25)27(29)9-10-28(29)47-17-4-18-48-30(31(34,35)36,32(37,38)39)33(40,41)42;1-2(3)4/h8,10,22,26-29H,4-7,9,11-21H2,1-3H3;6,8,21,25-28,44H,3-5,7,9-20H2,1-2H3;1H3,(H,3,4)/t26-,27-,28+,29+,30+;25-,26-,27+,28+,29+;/m11./s1. The molecule has 0 saturated heterocycles. The largest absolute Gasteiger partial charge is 0.492 e. The van der Waals surface area contributed by atoms with Crippen LogP contribution in [0.25, 0.3) is 0 Å². The zero-order valence-corrected chi connectivity index (χ0v) is 58.4. The fraction of sp³-hybridized carbons (Fsp3) is 0.812. The smallest absolute Gasteiger partial charge is 0.435 e. The number of carbonyl (C=O) groups excluding carboxylic acids is 1. The number of benzene rings is 2. The zero-order chi connectivity index (χ0) is 74.3. The molecule has 0 spiro atoms. The van der Waals surface area contributed by atoms with Gasteiger partial charge in [-0.15, -0.1) is 12.6 Å². The van der Waals surface area contributed by atoms with Crippen LogP contribution in [-0.4, -0.2) is 193 Å². The highest BCUT2D eigenvalue weighted by molar-refractivity contribution is 7.96. The number of rotatable bonds is 32. The summed E-state index contributed by atoms with van der Waals surface area (Å²) < 4.78 is 278. The molecule has 0 heterocycles. The molecule has 6 aliphatic carbocycles. The molecule has 576 valence electrons. The second-order valence-electron chi connectivity index (χ2n) is 27.7. The number of ether oxygens (including phenoxy) is 8. The minimum Gasteiger partial charge on any atom is -0.492 e. The monoisotopic (exact) mass is 1490 g/mol. The fourth-order valence-electron chi connectivity index (χ4n) is 16.4. The second kappa shape index (κ2) is 36.2. The van der Waals surface area contributed by atoms with Gasteiger partial charge in [0.1, 0.15) is 24.7 Å². The van der Waals surface area contributed by atoms with Gasteiger partial charge in [0.2, 0.25) is 0 Å². The van der Waals surface area contributed by atoms with Gasteiger partial charge >= 0.3 is 48.3 Å². The molecule has 4 fully saturated rings. The number of halogens is 18. The normalized spacial score (nSPS) is 25.6. The number of hydrogen-bond donors (Lipinski definition) is 2. The Morgan fingerprint density at radius 2 is 0.850 bits per heavy atom. The van der Waals surface area contributed by atoms with Gasteiger partial charge in [-0.25, -0.2) is 0 Å². The van der Waals surface area contributed by atoms with Crippen LogP contribution >= 0.6 is 12.6 Å². The van der Waals surface area contributed by atoms with E-state index in [1.807, 2.05) is 19.2 Å². The van der Waals surface area contributed by atoms with E-state index in [2.05, 4.69) is 84.0 Å². The summed E-state index contributed by atoms with van der Waals surface area (Å²) in [7, 11) is 4.09. The van der Waals surface area contributed by atoms with Crippen molar-refractivity contribution in [2.45, 2.75) is 209 Å². The first kappa shape index (κ1) is 85.4. The van der Waals surface area contributed by atoms with Crippen molar-refractivity contribution in [3.05, 3.63) is 58.7 Å². The fourth-order valence-corrected chi connectivity index (χ4v) is 16.4. The molecule has 0 radical (unpaired) electrons. The van der Waals surface area contributed by atoms with E-state index in [4.69, 9.17) is 33.5 Å². The molecule has 4 saturated carbocycles. The highest BCUT2D eigenvalue weighted by atomic mass is 32.1. The van der Waals surface area contributed by atoms with Crippen LogP contribution in [0.4, 0.5) is 79.0 Å². The van der Waals surface area contributed by atoms with Crippen molar-refractivity contribution in [1.29, 1.82) is 0 Å². The molecule has 10 atom stereocenters. The molecule has 6 aliphatic rings. The molecular formula is C69H98F18N2O10S. The molecule has 2 aromatic carbocycles. The van der Waals surface area contributed by atoms with Crippen LogP contribution < -0.4 is 9.47 Å². The average Bonchev–Trinajstić information content (AvgIpc) is 1.52. The Hall–Kier alpha value is -3.56. The molecule has 8 rings (SSSR count). The predicted octanol–water partition coefficient (Wildman–Crippen LogP) is 16.8. The summed E-state index contributed by atoms with van der Waals surface area (Å²) in [5.74, 6) is 3.81. The average molecular weight is 1490 g/mol. The van der Waals surface area contributed by atoms with Crippen LogP contribution in [0.3, 0.4) is 0 Å². The van der Waals surface area contributed by atoms with Gasteiger partial charge in [0, 0.05) is 66.1 Å². The lowest BCUT2D eigenvalue weighted by atomic mass is 9.55. The number of carbonyl (C=O) groups is 1. The number of hydrogen-bond acceptors (Lipinski definition) is 12. The van der Waals surface area contributed by atoms with Gasteiger partial charge in [0.15, 0.2) is 5.12 Å². The molecule has 0 bridgehead atoms. The van der Waals surface area contributed by atoms with Gasteiger partial charge in [0.05, 0.1) is 38.6 Å². The van der Waals surface area contributed by atoms with Gasteiger partial charge < -0.3 is 52.8 Å².